The van der Waals surface area contributed by atoms with E-state index in [2.05, 4.69) is 5.32 Å². The zero-order chi connectivity index (χ0) is 24.1. The molecule has 33 heavy (non-hydrogen) atoms. The molecule has 1 aliphatic heterocycles. The van der Waals surface area contributed by atoms with E-state index in [9.17, 15) is 26.7 Å². The lowest BCUT2D eigenvalue weighted by Crippen LogP contribution is -2.45. The average Bonchev–Trinajstić information content (AvgIpc) is 3.39. The van der Waals surface area contributed by atoms with Gasteiger partial charge in [0.1, 0.15) is 16.3 Å². The van der Waals surface area contributed by atoms with Crippen LogP contribution in [0.1, 0.15) is 48.9 Å². The van der Waals surface area contributed by atoms with E-state index in [0.29, 0.717) is 24.6 Å². The van der Waals surface area contributed by atoms with Gasteiger partial charge in [0, 0.05) is 30.8 Å². The number of carbonyl (C=O) groups excluding carboxylic acids is 1. The molecule has 2 atom stereocenters. The van der Waals surface area contributed by atoms with Gasteiger partial charge in [-0.3, -0.25) is 4.79 Å². The molecule has 2 aliphatic rings. The van der Waals surface area contributed by atoms with Crippen molar-refractivity contribution in [1.29, 1.82) is 0 Å². The summed E-state index contributed by atoms with van der Waals surface area (Å²) in [5, 5.41) is 1.25. The second-order valence-electron chi connectivity index (χ2n) is 8.49. The van der Waals surface area contributed by atoms with Crippen LogP contribution in [0.15, 0.2) is 24.3 Å². The molecule has 1 amide bonds. The summed E-state index contributed by atoms with van der Waals surface area (Å²) in [4.78, 5) is 13.3. The second kappa shape index (κ2) is 8.62. The number of aryl methyl sites for hydroxylation is 1. The third-order valence-electron chi connectivity index (χ3n) is 6.66. The third-order valence-corrected chi connectivity index (χ3v) is 7.26. The number of fused-ring (bicyclic) bond motifs is 1. The summed E-state index contributed by atoms with van der Waals surface area (Å²) in [6.07, 6.45) is -3.48. The van der Waals surface area contributed by atoms with Gasteiger partial charge in [-0.1, -0.05) is 36.2 Å². The van der Waals surface area contributed by atoms with Gasteiger partial charge in [-0.15, -0.1) is 0 Å². The average molecular weight is 507 g/mol. The van der Waals surface area contributed by atoms with Crippen LogP contribution in [0.3, 0.4) is 0 Å². The minimum Gasteiger partial charge on any atom is -0.370 e. The van der Waals surface area contributed by atoms with Crippen molar-refractivity contribution in [3.8, 4) is 0 Å². The summed E-state index contributed by atoms with van der Waals surface area (Å²) in [6, 6.07) is 5.92. The third kappa shape index (κ3) is 4.05. The van der Waals surface area contributed by atoms with Gasteiger partial charge in [-0.2, -0.15) is 13.2 Å². The van der Waals surface area contributed by atoms with Crippen molar-refractivity contribution in [2.75, 3.05) is 18.0 Å². The number of halogens is 7. The van der Waals surface area contributed by atoms with Crippen molar-refractivity contribution in [3.63, 3.8) is 0 Å². The molecule has 0 aromatic heterocycles. The van der Waals surface area contributed by atoms with Crippen LogP contribution in [-0.4, -0.2) is 25.2 Å². The van der Waals surface area contributed by atoms with Gasteiger partial charge < -0.3 is 10.2 Å². The second-order valence-corrected chi connectivity index (χ2v) is 9.28. The molecule has 1 aliphatic carbocycles. The summed E-state index contributed by atoms with van der Waals surface area (Å²) < 4.78 is 71.7. The topological polar surface area (TPSA) is 32.3 Å². The summed E-state index contributed by atoms with van der Waals surface area (Å²) in [5.74, 6) is -2.79. The molecule has 0 bridgehead atoms. The Balaban J connectivity index is 1.67. The Labute approximate surface area is 197 Å². The molecule has 0 spiro atoms. The minimum atomic E-state index is -4.82. The van der Waals surface area contributed by atoms with Crippen LogP contribution < -0.4 is 10.2 Å². The maximum absolute atomic E-state index is 14.8. The van der Waals surface area contributed by atoms with Crippen LogP contribution in [0.2, 0.25) is 10.0 Å². The Hall–Kier alpha value is -2.06. The smallest absolute Gasteiger partial charge is 0.370 e. The summed E-state index contributed by atoms with van der Waals surface area (Å²) in [5.41, 5.74) is -0.865. The largest absolute Gasteiger partial charge is 0.400 e. The van der Waals surface area contributed by atoms with Crippen LogP contribution >= 0.6 is 23.2 Å². The Morgan fingerprint density at radius 2 is 1.94 bits per heavy atom. The normalized spacial score (nSPS) is 22.5. The molecule has 2 aromatic rings. The summed E-state index contributed by atoms with van der Waals surface area (Å²) >= 11 is 11.3. The van der Waals surface area contributed by atoms with Gasteiger partial charge in [0.25, 0.3) is 0 Å². The number of anilines is 1. The first-order valence-electron chi connectivity index (χ1n) is 10.6. The van der Waals surface area contributed by atoms with Crippen LogP contribution in [0, 0.1) is 11.6 Å². The number of nitrogens with one attached hydrogen (secondary N) is 1. The van der Waals surface area contributed by atoms with Gasteiger partial charge in [-0.05, 0) is 48.6 Å². The molecule has 2 aromatic carbocycles. The molecule has 1 N–H and O–H groups in total. The zero-order valence-corrected chi connectivity index (χ0v) is 19.1. The minimum absolute atomic E-state index is 0.0142. The van der Waals surface area contributed by atoms with E-state index in [4.69, 9.17) is 23.2 Å². The van der Waals surface area contributed by atoms with Gasteiger partial charge in [0.05, 0.1) is 11.1 Å². The Morgan fingerprint density at radius 3 is 2.61 bits per heavy atom. The van der Waals surface area contributed by atoms with E-state index in [-0.39, 0.29) is 18.5 Å². The van der Waals surface area contributed by atoms with Gasteiger partial charge in [0.2, 0.25) is 5.91 Å². The van der Waals surface area contributed by atoms with E-state index in [1.54, 1.807) is 13.0 Å². The highest BCUT2D eigenvalue weighted by Crippen LogP contribution is 2.51. The van der Waals surface area contributed by atoms with E-state index in [1.807, 2.05) is 12.1 Å². The quantitative estimate of drug-likeness (QED) is 0.291. The predicted molar refractivity (Wildman–Crippen MR) is 117 cm³/mol. The van der Waals surface area contributed by atoms with Crippen molar-refractivity contribution < 1.29 is 26.7 Å². The molecule has 0 saturated carbocycles. The summed E-state index contributed by atoms with van der Waals surface area (Å²) in [7, 11) is 0. The van der Waals surface area contributed by atoms with Crippen molar-refractivity contribution in [2.24, 2.45) is 0 Å². The SMILES string of the molecule is CCC(=O)NC1CCc2cc(N3CCC(c4cc(Cl)c(F)c(Cl)c4F)(C(F)(F)F)C3)ccc21. The van der Waals surface area contributed by atoms with Gasteiger partial charge in [0.15, 0.2) is 5.82 Å². The van der Waals surface area contributed by atoms with E-state index >= 15 is 0 Å². The van der Waals surface area contributed by atoms with Crippen molar-refractivity contribution in [1.82, 2.24) is 5.32 Å². The fourth-order valence-corrected chi connectivity index (χ4v) is 5.26. The summed E-state index contributed by atoms with van der Waals surface area (Å²) in [6.45, 7) is 1.22. The number of benzene rings is 2. The van der Waals surface area contributed by atoms with E-state index < -0.39 is 51.8 Å². The van der Waals surface area contributed by atoms with Crippen molar-refractivity contribution >= 4 is 34.8 Å². The molecule has 3 nitrogen and oxygen atoms in total. The Bertz CT molecular complexity index is 1110. The number of hydrogen-bond acceptors (Lipinski definition) is 2. The van der Waals surface area contributed by atoms with Gasteiger partial charge in [-0.25, -0.2) is 8.78 Å². The molecule has 178 valence electrons. The Morgan fingerprint density at radius 1 is 1.21 bits per heavy atom. The predicted octanol–water partition coefficient (Wildman–Crippen LogP) is 6.50. The van der Waals surface area contributed by atoms with Gasteiger partial charge >= 0.3 is 6.18 Å². The highest BCUT2D eigenvalue weighted by atomic mass is 35.5. The molecule has 10 heteroatoms. The fourth-order valence-electron chi connectivity index (χ4n) is 4.80. The number of nitrogens with zero attached hydrogens (tertiary/aromatic N) is 1. The maximum Gasteiger partial charge on any atom is 0.400 e. The fraction of sp³-hybridized carbons (Fsp3) is 0.435. The van der Waals surface area contributed by atoms with Crippen molar-refractivity contribution in [3.05, 3.63) is 62.6 Å². The molecule has 1 heterocycles. The first-order chi connectivity index (χ1) is 15.5. The number of hydrogen-bond donors (Lipinski definition) is 1. The lowest BCUT2D eigenvalue weighted by atomic mass is 9.78. The molecular weight excluding hydrogens is 486 g/mol. The van der Waals surface area contributed by atoms with E-state index in [1.165, 1.54) is 4.90 Å². The van der Waals surface area contributed by atoms with Crippen LogP contribution in [0.5, 0.6) is 0 Å². The van der Waals surface area contributed by atoms with Crippen LogP contribution in [-0.2, 0) is 16.6 Å². The molecule has 2 unspecified atom stereocenters. The first kappa shape index (κ1) is 24.1. The lowest BCUT2D eigenvalue weighted by Gasteiger charge is -2.33. The standard InChI is InChI=1S/C23H21Cl2F5N2O/c1-2-18(33)31-17-6-3-12-9-13(4-5-14(12)17)32-8-7-22(11-32,23(28,29)30)15-10-16(24)21(27)19(25)20(15)26/h4-5,9-10,17H,2-3,6-8,11H2,1H3,(H,31,33). The number of amides is 1. The molecule has 0 radical (unpaired) electrons. The molecular formula is C23H21Cl2F5N2O. The highest BCUT2D eigenvalue weighted by molar-refractivity contribution is 6.35. The Kier molecular flexibility index (Phi) is 6.29. The van der Waals surface area contributed by atoms with Crippen molar-refractivity contribution in [2.45, 2.75) is 50.2 Å². The number of rotatable bonds is 4. The molecule has 1 fully saturated rings. The zero-order valence-electron chi connectivity index (χ0n) is 17.6. The monoisotopic (exact) mass is 506 g/mol. The number of carbonyl (C=O) groups is 1. The van der Waals surface area contributed by atoms with Crippen LogP contribution in [0.25, 0.3) is 0 Å². The van der Waals surface area contributed by atoms with Crippen LogP contribution in [0.4, 0.5) is 27.6 Å². The molecule has 1 saturated heterocycles. The maximum atomic E-state index is 14.8. The highest BCUT2D eigenvalue weighted by Gasteiger charge is 2.60. The molecule has 4 rings (SSSR count). The van der Waals surface area contributed by atoms with E-state index in [0.717, 1.165) is 17.5 Å². The lowest BCUT2D eigenvalue weighted by molar-refractivity contribution is -0.185. The number of alkyl halides is 3. The first-order valence-corrected chi connectivity index (χ1v) is 11.3.